The van der Waals surface area contributed by atoms with Gasteiger partial charge in [-0.1, -0.05) is 0 Å². The van der Waals surface area contributed by atoms with Gasteiger partial charge < -0.3 is 15.2 Å². The van der Waals surface area contributed by atoms with Crippen LogP contribution in [0.25, 0.3) is 0 Å². The van der Waals surface area contributed by atoms with Crippen LogP contribution in [0.4, 0.5) is 5.82 Å². The van der Waals surface area contributed by atoms with Crippen molar-refractivity contribution in [1.29, 1.82) is 0 Å². The van der Waals surface area contributed by atoms with Gasteiger partial charge in [-0.05, 0) is 38.6 Å². The molecule has 1 aromatic heterocycles. The van der Waals surface area contributed by atoms with Gasteiger partial charge in [-0.25, -0.2) is 10.8 Å². The molecule has 0 bridgehead atoms. The number of pyridine rings is 1. The van der Waals surface area contributed by atoms with Crippen molar-refractivity contribution in [1.82, 2.24) is 14.8 Å². The summed E-state index contributed by atoms with van der Waals surface area (Å²) in [6.07, 6.45) is 3.75. The van der Waals surface area contributed by atoms with Gasteiger partial charge in [-0.2, -0.15) is 0 Å². The molecule has 2 rings (SSSR count). The van der Waals surface area contributed by atoms with Crippen LogP contribution in [0.5, 0.6) is 0 Å². The number of nitrogens with one attached hydrogen (secondary N) is 1. The van der Waals surface area contributed by atoms with Crippen LogP contribution in [0.2, 0.25) is 0 Å². The van der Waals surface area contributed by atoms with Crippen molar-refractivity contribution in [2.45, 2.75) is 18.9 Å². The van der Waals surface area contributed by atoms with Crippen molar-refractivity contribution in [3.63, 3.8) is 0 Å². The minimum absolute atomic E-state index is 0.0105. The molecule has 2 heterocycles. The molecular weight excluding hydrogens is 242 g/mol. The molecule has 0 spiro atoms. The molecule has 0 aromatic carbocycles. The minimum Gasteiger partial charge on any atom is -0.337 e. The predicted molar refractivity (Wildman–Crippen MR) is 74.7 cm³/mol. The van der Waals surface area contributed by atoms with Crippen molar-refractivity contribution in [3.05, 3.63) is 23.9 Å². The summed E-state index contributed by atoms with van der Waals surface area (Å²) in [5.41, 5.74) is 3.04. The Bertz CT molecular complexity index is 433. The molecule has 0 aliphatic carbocycles. The minimum atomic E-state index is 0.0105. The van der Waals surface area contributed by atoms with Crippen molar-refractivity contribution in [2.75, 3.05) is 32.6 Å². The topological polar surface area (TPSA) is 74.5 Å². The summed E-state index contributed by atoms with van der Waals surface area (Å²) in [5.74, 6) is 5.82. The maximum atomic E-state index is 12.4. The summed E-state index contributed by atoms with van der Waals surface area (Å²) in [7, 11) is 3.95. The molecule has 6 nitrogen and oxygen atoms in total. The first-order valence-electron chi connectivity index (χ1n) is 6.50. The number of anilines is 1. The summed E-state index contributed by atoms with van der Waals surface area (Å²) < 4.78 is 0. The number of carbonyl (C=O) groups excluding carboxylic acids is 1. The van der Waals surface area contributed by atoms with Gasteiger partial charge in [0.2, 0.25) is 0 Å². The van der Waals surface area contributed by atoms with E-state index in [1.54, 1.807) is 18.3 Å². The number of likely N-dealkylation sites (N-methyl/N-ethyl adjacent to an activating group) is 2. The Morgan fingerprint density at radius 2 is 2.37 bits per heavy atom. The highest BCUT2D eigenvalue weighted by Crippen LogP contribution is 2.16. The zero-order valence-electron chi connectivity index (χ0n) is 11.5. The van der Waals surface area contributed by atoms with E-state index in [-0.39, 0.29) is 11.9 Å². The quantitative estimate of drug-likeness (QED) is 0.615. The number of rotatable bonds is 3. The average Bonchev–Trinajstić information content (AvgIpc) is 2.46. The highest BCUT2D eigenvalue weighted by atomic mass is 16.2. The van der Waals surface area contributed by atoms with Crippen molar-refractivity contribution >= 4 is 11.7 Å². The molecule has 1 aliphatic heterocycles. The lowest BCUT2D eigenvalue weighted by Gasteiger charge is -2.35. The summed E-state index contributed by atoms with van der Waals surface area (Å²) >= 11 is 0. The van der Waals surface area contributed by atoms with E-state index in [0.717, 1.165) is 25.9 Å². The van der Waals surface area contributed by atoms with Crippen molar-refractivity contribution in [3.8, 4) is 0 Å². The van der Waals surface area contributed by atoms with Gasteiger partial charge in [-0.3, -0.25) is 4.79 Å². The number of hydrazine groups is 1. The Kier molecular flexibility index (Phi) is 4.34. The Labute approximate surface area is 113 Å². The Morgan fingerprint density at radius 3 is 2.95 bits per heavy atom. The molecule has 1 amide bonds. The zero-order chi connectivity index (χ0) is 13.8. The Hall–Kier alpha value is -1.66. The second-order valence-corrected chi connectivity index (χ2v) is 5.05. The zero-order valence-corrected chi connectivity index (χ0v) is 11.5. The molecule has 0 saturated carbocycles. The van der Waals surface area contributed by atoms with Crippen LogP contribution in [0.15, 0.2) is 18.3 Å². The van der Waals surface area contributed by atoms with E-state index in [0.29, 0.717) is 11.4 Å². The molecule has 104 valence electrons. The third-order valence-electron chi connectivity index (χ3n) is 3.63. The van der Waals surface area contributed by atoms with Crippen LogP contribution >= 0.6 is 0 Å². The third kappa shape index (κ3) is 3.21. The molecule has 1 saturated heterocycles. The van der Waals surface area contributed by atoms with Crippen molar-refractivity contribution in [2.24, 2.45) is 5.84 Å². The van der Waals surface area contributed by atoms with Crippen LogP contribution in [-0.2, 0) is 0 Å². The molecule has 3 N–H and O–H groups in total. The fourth-order valence-corrected chi connectivity index (χ4v) is 2.43. The Balaban J connectivity index is 2.05. The number of piperidine rings is 1. The van der Waals surface area contributed by atoms with E-state index in [9.17, 15) is 4.79 Å². The second kappa shape index (κ2) is 5.99. The summed E-state index contributed by atoms with van der Waals surface area (Å²) in [5, 5.41) is 0. The van der Waals surface area contributed by atoms with E-state index in [1.807, 2.05) is 11.9 Å². The number of nitrogens with zero attached hydrogens (tertiary/aromatic N) is 3. The van der Waals surface area contributed by atoms with E-state index < -0.39 is 0 Å². The highest BCUT2D eigenvalue weighted by molar-refractivity contribution is 5.94. The van der Waals surface area contributed by atoms with Crippen LogP contribution in [0.1, 0.15) is 23.2 Å². The number of hydrogen-bond donors (Lipinski definition) is 2. The van der Waals surface area contributed by atoms with Crippen LogP contribution in [0, 0.1) is 0 Å². The summed E-state index contributed by atoms with van der Waals surface area (Å²) in [6.45, 7) is 2.04. The molecule has 1 fully saturated rings. The summed E-state index contributed by atoms with van der Waals surface area (Å²) in [4.78, 5) is 20.5. The first-order chi connectivity index (χ1) is 9.11. The standard InChI is InChI=1S/C13H21N5O/c1-17-7-3-4-11(9-17)18(2)13(19)10-5-6-12(16-14)15-8-10/h5-6,8,11H,3-4,7,9,14H2,1-2H3,(H,15,16). The van der Waals surface area contributed by atoms with Gasteiger partial charge in [0, 0.05) is 25.8 Å². The second-order valence-electron chi connectivity index (χ2n) is 5.05. The van der Waals surface area contributed by atoms with E-state index >= 15 is 0 Å². The molecule has 1 atom stereocenters. The van der Waals surface area contributed by atoms with Gasteiger partial charge in [0.05, 0.1) is 5.56 Å². The fourth-order valence-electron chi connectivity index (χ4n) is 2.43. The highest BCUT2D eigenvalue weighted by Gasteiger charge is 2.25. The number of carbonyl (C=O) groups is 1. The first-order valence-corrected chi connectivity index (χ1v) is 6.50. The number of likely N-dealkylation sites (tertiary alicyclic amines) is 1. The predicted octanol–water partition coefficient (Wildman–Crippen LogP) is 0.533. The molecule has 6 heteroatoms. The average molecular weight is 263 g/mol. The normalized spacial score (nSPS) is 20.1. The molecule has 0 radical (unpaired) electrons. The van der Waals surface area contributed by atoms with Gasteiger partial charge in [0.1, 0.15) is 5.82 Å². The molecular formula is C13H21N5O. The number of amides is 1. The van der Waals surface area contributed by atoms with Crippen LogP contribution in [0.3, 0.4) is 0 Å². The van der Waals surface area contributed by atoms with Gasteiger partial charge in [0.15, 0.2) is 0 Å². The van der Waals surface area contributed by atoms with Crippen molar-refractivity contribution < 1.29 is 4.79 Å². The SMILES string of the molecule is CN1CCCC(N(C)C(=O)c2ccc(NN)nc2)C1. The Morgan fingerprint density at radius 1 is 1.58 bits per heavy atom. The summed E-state index contributed by atoms with van der Waals surface area (Å²) in [6, 6.07) is 3.72. The number of nitrogens with two attached hydrogens (primary N) is 1. The smallest absolute Gasteiger partial charge is 0.255 e. The lowest BCUT2D eigenvalue weighted by molar-refractivity contribution is 0.0643. The van der Waals surface area contributed by atoms with E-state index in [1.165, 1.54) is 0 Å². The number of hydrogen-bond acceptors (Lipinski definition) is 5. The van der Waals surface area contributed by atoms with E-state index in [2.05, 4.69) is 22.4 Å². The maximum absolute atomic E-state index is 12.4. The monoisotopic (exact) mass is 263 g/mol. The van der Waals surface area contributed by atoms with Gasteiger partial charge in [0.25, 0.3) is 5.91 Å². The maximum Gasteiger partial charge on any atom is 0.255 e. The van der Waals surface area contributed by atoms with Crippen LogP contribution in [-0.4, -0.2) is 53.9 Å². The lowest BCUT2D eigenvalue weighted by atomic mass is 10.0. The van der Waals surface area contributed by atoms with Gasteiger partial charge >= 0.3 is 0 Å². The van der Waals surface area contributed by atoms with Gasteiger partial charge in [-0.15, -0.1) is 0 Å². The molecule has 1 unspecified atom stereocenters. The molecule has 1 aromatic rings. The third-order valence-corrected chi connectivity index (χ3v) is 3.63. The van der Waals surface area contributed by atoms with E-state index in [4.69, 9.17) is 5.84 Å². The number of aromatic nitrogens is 1. The largest absolute Gasteiger partial charge is 0.337 e. The lowest BCUT2D eigenvalue weighted by Crippen LogP contribution is -2.47. The molecule has 19 heavy (non-hydrogen) atoms. The fraction of sp³-hybridized carbons (Fsp3) is 0.538. The first kappa shape index (κ1) is 13.8. The van der Waals surface area contributed by atoms with Crippen LogP contribution < -0.4 is 11.3 Å². The molecule has 1 aliphatic rings. The number of nitrogen functional groups attached to an aromatic ring is 1.